The molecule has 0 bridgehead atoms. The third-order valence-electron chi connectivity index (χ3n) is 3.53. The Labute approximate surface area is 150 Å². The van der Waals surface area contributed by atoms with Gasteiger partial charge in [-0.25, -0.2) is 0 Å². The molecule has 0 radical (unpaired) electrons. The summed E-state index contributed by atoms with van der Waals surface area (Å²) in [5.41, 5.74) is 1.52. The number of fused-ring (bicyclic) bond motifs is 1. The van der Waals surface area contributed by atoms with Crippen LogP contribution in [0.1, 0.15) is 17.8 Å². The summed E-state index contributed by atoms with van der Waals surface area (Å²) in [5.74, 6) is 0.388. The second-order valence-electron chi connectivity index (χ2n) is 5.21. The average Bonchev–Trinajstić information content (AvgIpc) is 3.26. The smallest absolute Gasteiger partial charge is 0.316 e. The van der Waals surface area contributed by atoms with Crippen LogP contribution in [0.4, 0.5) is 6.01 Å². The lowest BCUT2D eigenvalue weighted by atomic mass is 10.1. The normalized spacial score (nSPS) is 12.6. The highest BCUT2D eigenvalue weighted by Crippen LogP contribution is 2.31. The first-order valence-electron chi connectivity index (χ1n) is 7.08. The van der Waals surface area contributed by atoms with Gasteiger partial charge in [0.2, 0.25) is 5.89 Å². The molecule has 0 amide bonds. The van der Waals surface area contributed by atoms with Crippen molar-refractivity contribution >= 4 is 51.5 Å². The molecule has 0 aliphatic heterocycles. The average molecular weight is 380 g/mol. The van der Waals surface area contributed by atoms with Crippen LogP contribution in [0, 0.1) is 0 Å². The van der Waals surface area contributed by atoms with Crippen molar-refractivity contribution in [2.45, 2.75) is 13.0 Å². The zero-order valence-electron chi connectivity index (χ0n) is 12.4. The van der Waals surface area contributed by atoms with E-state index in [0.717, 1.165) is 25.7 Å². The molecule has 0 saturated heterocycles. The number of thiophene rings is 1. The highest BCUT2D eigenvalue weighted by atomic mass is 35.5. The van der Waals surface area contributed by atoms with Crippen LogP contribution in [0.3, 0.4) is 0 Å². The van der Waals surface area contributed by atoms with Gasteiger partial charge in [-0.2, -0.15) is 5.10 Å². The maximum atomic E-state index is 6.24. The Bertz CT molecular complexity index is 1010. The zero-order valence-corrected chi connectivity index (χ0v) is 14.7. The van der Waals surface area contributed by atoms with Crippen LogP contribution in [0.25, 0.3) is 22.4 Å². The highest BCUT2D eigenvalue weighted by Gasteiger charge is 2.15. The number of nitrogens with zero attached hydrogens (tertiary/aromatic N) is 3. The first-order valence-corrected chi connectivity index (χ1v) is 8.65. The predicted molar refractivity (Wildman–Crippen MR) is 95.8 cm³/mol. The van der Waals surface area contributed by atoms with E-state index in [4.69, 9.17) is 27.6 Å². The molecule has 3 aromatic heterocycles. The monoisotopic (exact) mass is 379 g/mol. The van der Waals surface area contributed by atoms with Crippen molar-refractivity contribution < 1.29 is 4.42 Å². The van der Waals surface area contributed by atoms with Gasteiger partial charge in [0.05, 0.1) is 27.1 Å². The zero-order chi connectivity index (χ0) is 16.7. The molecule has 0 spiro atoms. The summed E-state index contributed by atoms with van der Waals surface area (Å²) < 4.78 is 6.44. The predicted octanol–water partition coefficient (Wildman–Crippen LogP) is 5.15. The van der Waals surface area contributed by atoms with Crippen molar-refractivity contribution in [2.75, 3.05) is 5.32 Å². The number of rotatable bonds is 4. The Morgan fingerprint density at radius 2 is 2.12 bits per heavy atom. The van der Waals surface area contributed by atoms with Crippen LogP contribution >= 0.6 is 34.5 Å². The van der Waals surface area contributed by atoms with Crippen LogP contribution < -0.4 is 5.32 Å². The van der Waals surface area contributed by atoms with Gasteiger partial charge in [0, 0.05) is 15.8 Å². The number of benzene rings is 1. The summed E-state index contributed by atoms with van der Waals surface area (Å²) in [5, 5.41) is 19.5. The number of H-pyrrole nitrogens is 1. The van der Waals surface area contributed by atoms with Crippen LogP contribution in [0.5, 0.6) is 0 Å². The van der Waals surface area contributed by atoms with Crippen molar-refractivity contribution in [2.24, 2.45) is 0 Å². The van der Waals surface area contributed by atoms with E-state index in [0.29, 0.717) is 16.9 Å². The fraction of sp³-hybridized carbons (Fsp3) is 0.133. The van der Waals surface area contributed by atoms with E-state index in [1.807, 2.05) is 25.1 Å². The second-order valence-corrected chi connectivity index (χ2v) is 7.37. The van der Waals surface area contributed by atoms with E-state index in [2.05, 4.69) is 25.7 Å². The maximum absolute atomic E-state index is 6.24. The summed E-state index contributed by atoms with van der Waals surface area (Å²) in [6, 6.07) is 7.84. The molecule has 0 aliphatic carbocycles. The van der Waals surface area contributed by atoms with Gasteiger partial charge in [0.15, 0.2) is 0 Å². The Kier molecular flexibility index (Phi) is 3.91. The molecule has 4 aromatic rings. The SMILES string of the molecule is CC(Nc1nnc(-c2cc(Cl)c3[nH]ncc3c2)o1)c1ccc(Cl)s1. The standard InChI is InChI=1S/C15H11Cl2N5OS/c1-7(11-2-3-12(17)24-11)19-15-22-21-14(23-15)8-4-9-6-18-20-13(9)10(16)5-8/h2-7H,1H3,(H,18,20)(H,19,22). The Balaban J connectivity index is 1.59. The maximum Gasteiger partial charge on any atom is 0.316 e. The van der Waals surface area contributed by atoms with Crippen molar-refractivity contribution in [3.63, 3.8) is 0 Å². The largest absolute Gasteiger partial charge is 0.403 e. The molecule has 1 unspecified atom stereocenters. The Hall–Kier alpha value is -2.09. The summed E-state index contributed by atoms with van der Waals surface area (Å²) in [7, 11) is 0. The molecule has 2 N–H and O–H groups in total. The lowest BCUT2D eigenvalue weighted by molar-refractivity contribution is 0.574. The molecule has 4 rings (SSSR count). The number of aromatic amines is 1. The Morgan fingerprint density at radius 1 is 1.25 bits per heavy atom. The first kappa shape index (κ1) is 15.4. The number of halogens is 2. The molecule has 1 aromatic carbocycles. The fourth-order valence-electron chi connectivity index (χ4n) is 2.35. The van der Waals surface area contributed by atoms with Gasteiger partial charge in [-0.15, -0.1) is 16.4 Å². The van der Waals surface area contributed by atoms with Gasteiger partial charge in [-0.1, -0.05) is 28.3 Å². The van der Waals surface area contributed by atoms with Gasteiger partial charge in [-0.05, 0) is 31.2 Å². The molecule has 0 saturated carbocycles. The van der Waals surface area contributed by atoms with Gasteiger partial charge in [0.1, 0.15) is 0 Å². The number of nitrogens with one attached hydrogen (secondary N) is 2. The van der Waals surface area contributed by atoms with E-state index in [-0.39, 0.29) is 6.04 Å². The fourth-order valence-corrected chi connectivity index (χ4v) is 3.69. The number of hydrogen-bond acceptors (Lipinski definition) is 6. The lowest BCUT2D eigenvalue weighted by Crippen LogP contribution is -2.04. The van der Waals surface area contributed by atoms with E-state index in [1.165, 1.54) is 11.3 Å². The molecule has 1 atom stereocenters. The first-order chi connectivity index (χ1) is 11.6. The molecule has 122 valence electrons. The van der Waals surface area contributed by atoms with Gasteiger partial charge in [0.25, 0.3) is 0 Å². The van der Waals surface area contributed by atoms with Crippen LogP contribution in [-0.4, -0.2) is 20.4 Å². The van der Waals surface area contributed by atoms with Crippen LogP contribution in [0.15, 0.2) is 34.9 Å². The molecule has 24 heavy (non-hydrogen) atoms. The van der Waals surface area contributed by atoms with Gasteiger partial charge < -0.3 is 9.73 Å². The van der Waals surface area contributed by atoms with Gasteiger partial charge in [-0.3, -0.25) is 5.10 Å². The molecular formula is C15H11Cl2N5OS. The topological polar surface area (TPSA) is 79.6 Å². The quantitative estimate of drug-likeness (QED) is 0.512. The van der Waals surface area contributed by atoms with E-state index >= 15 is 0 Å². The third kappa shape index (κ3) is 2.86. The summed E-state index contributed by atoms with van der Waals surface area (Å²) >= 11 is 13.7. The lowest BCUT2D eigenvalue weighted by Gasteiger charge is -2.08. The highest BCUT2D eigenvalue weighted by molar-refractivity contribution is 7.16. The number of hydrogen-bond donors (Lipinski definition) is 2. The molecule has 0 aliphatic rings. The minimum atomic E-state index is 0.00995. The van der Waals surface area contributed by atoms with Crippen molar-refractivity contribution in [3.8, 4) is 11.5 Å². The minimum Gasteiger partial charge on any atom is -0.403 e. The molecule has 3 heterocycles. The van der Waals surface area contributed by atoms with Crippen molar-refractivity contribution in [3.05, 3.63) is 44.7 Å². The summed E-state index contributed by atoms with van der Waals surface area (Å²) in [4.78, 5) is 1.09. The summed E-state index contributed by atoms with van der Waals surface area (Å²) in [6.07, 6.45) is 1.70. The Morgan fingerprint density at radius 3 is 2.92 bits per heavy atom. The van der Waals surface area contributed by atoms with E-state index < -0.39 is 0 Å². The van der Waals surface area contributed by atoms with Crippen LogP contribution in [0.2, 0.25) is 9.36 Å². The number of anilines is 1. The van der Waals surface area contributed by atoms with Crippen molar-refractivity contribution in [1.29, 1.82) is 0 Å². The second kappa shape index (κ2) is 6.08. The van der Waals surface area contributed by atoms with Gasteiger partial charge >= 0.3 is 6.01 Å². The molecule has 6 nitrogen and oxygen atoms in total. The van der Waals surface area contributed by atoms with Crippen LogP contribution in [-0.2, 0) is 0 Å². The summed E-state index contributed by atoms with van der Waals surface area (Å²) in [6.45, 7) is 2.00. The molecule has 0 fully saturated rings. The molecular weight excluding hydrogens is 369 g/mol. The number of aromatic nitrogens is 4. The third-order valence-corrected chi connectivity index (χ3v) is 5.25. The van der Waals surface area contributed by atoms with E-state index in [1.54, 1.807) is 12.3 Å². The minimum absolute atomic E-state index is 0.00995. The molecule has 9 heteroatoms. The van der Waals surface area contributed by atoms with E-state index in [9.17, 15) is 0 Å². The van der Waals surface area contributed by atoms with Crippen molar-refractivity contribution in [1.82, 2.24) is 20.4 Å².